The second kappa shape index (κ2) is 6.31. The lowest BCUT2D eigenvalue weighted by Crippen LogP contribution is -2.39. The first kappa shape index (κ1) is 14.4. The molecule has 4 heteroatoms. The minimum atomic E-state index is -1.05. The molecule has 0 fully saturated rings. The van der Waals surface area contributed by atoms with E-state index >= 15 is 0 Å². The highest BCUT2D eigenvalue weighted by atomic mass is 16.4. The fourth-order valence-corrected chi connectivity index (χ4v) is 1.60. The molecule has 18 heavy (non-hydrogen) atoms. The number of aliphatic carboxylic acids is 1. The highest BCUT2D eigenvalue weighted by Crippen LogP contribution is 2.25. The first-order chi connectivity index (χ1) is 8.48. The van der Waals surface area contributed by atoms with E-state index in [-0.39, 0.29) is 0 Å². The fourth-order valence-electron chi connectivity index (χ4n) is 1.60. The van der Waals surface area contributed by atoms with Gasteiger partial charge in [-0.15, -0.1) is 0 Å². The van der Waals surface area contributed by atoms with Gasteiger partial charge in [0.05, 0.1) is 5.41 Å². The first-order valence-corrected chi connectivity index (χ1v) is 5.92. The molecule has 1 rings (SSSR count). The Hall–Kier alpha value is -1.68. The van der Waals surface area contributed by atoms with Gasteiger partial charge in [-0.05, 0) is 19.4 Å². The molecule has 0 aliphatic rings. The summed E-state index contributed by atoms with van der Waals surface area (Å²) < 4.78 is 0. The molecule has 2 N–H and O–H groups in total. The molecule has 98 valence electrons. The van der Waals surface area contributed by atoms with Crippen LogP contribution in [0.5, 0.6) is 0 Å². The standard InChI is InChI=1S/C14H19NO3/c1-14(2,13(17)18)12(10-16)9-15-8-11-6-4-3-5-7-11/h3-7,10,12,15H,8-9H2,1-2H3,(H,17,18). The molecule has 0 bridgehead atoms. The molecule has 0 aliphatic heterocycles. The van der Waals surface area contributed by atoms with Crippen LogP contribution in [0.15, 0.2) is 30.3 Å². The molecule has 1 atom stereocenters. The third-order valence-corrected chi connectivity index (χ3v) is 3.18. The van der Waals surface area contributed by atoms with Gasteiger partial charge in [0, 0.05) is 19.0 Å². The quantitative estimate of drug-likeness (QED) is 0.722. The molecule has 1 aromatic carbocycles. The van der Waals surface area contributed by atoms with Crippen LogP contribution in [0.4, 0.5) is 0 Å². The topological polar surface area (TPSA) is 66.4 Å². The van der Waals surface area contributed by atoms with Gasteiger partial charge in [-0.1, -0.05) is 30.3 Å². The minimum Gasteiger partial charge on any atom is -0.481 e. The van der Waals surface area contributed by atoms with Crippen molar-refractivity contribution in [2.45, 2.75) is 20.4 Å². The summed E-state index contributed by atoms with van der Waals surface area (Å²) in [5, 5.41) is 12.2. The molecule has 4 nitrogen and oxygen atoms in total. The van der Waals surface area contributed by atoms with E-state index in [1.165, 1.54) is 0 Å². The summed E-state index contributed by atoms with van der Waals surface area (Å²) in [7, 11) is 0. The molecule has 0 heterocycles. The van der Waals surface area contributed by atoms with Gasteiger partial charge < -0.3 is 15.2 Å². The van der Waals surface area contributed by atoms with E-state index in [4.69, 9.17) is 5.11 Å². The van der Waals surface area contributed by atoms with Crippen molar-refractivity contribution in [1.82, 2.24) is 5.32 Å². The number of carboxylic acids is 1. The van der Waals surface area contributed by atoms with Crippen LogP contribution >= 0.6 is 0 Å². The largest absolute Gasteiger partial charge is 0.481 e. The molecule has 0 saturated carbocycles. The summed E-state index contributed by atoms with van der Waals surface area (Å²) in [5.74, 6) is -1.50. The van der Waals surface area contributed by atoms with Gasteiger partial charge in [-0.25, -0.2) is 0 Å². The lowest BCUT2D eigenvalue weighted by molar-refractivity contribution is -0.151. The number of hydrogen-bond donors (Lipinski definition) is 2. The molecule has 0 aromatic heterocycles. The van der Waals surface area contributed by atoms with Crippen molar-refractivity contribution in [2.75, 3.05) is 6.54 Å². The fraction of sp³-hybridized carbons (Fsp3) is 0.429. The predicted molar refractivity (Wildman–Crippen MR) is 69.1 cm³/mol. The summed E-state index contributed by atoms with van der Waals surface area (Å²) in [6.07, 6.45) is 0.714. The zero-order chi connectivity index (χ0) is 13.6. The number of aldehydes is 1. The zero-order valence-corrected chi connectivity index (χ0v) is 10.7. The number of benzene rings is 1. The Morgan fingerprint density at radius 1 is 1.39 bits per heavy atom. The Bertz CT molecular complexity index is 401. The van der Waals surface area contributed by atoms with Gasteiger partial charge >= 0.3 is 5.97 Å². The number of hydrogen-bond acceptors (Lipinski definition) is 3. The van der Waals surface area contributed by atoms with Crippen LogP contribution in [0.3, 0.4) is 0 Å². The van der Waals surface area contributed by atoms with Crippen molar-refractivity contribution in [3.05, 3.63) is 35.9 Å². The maximum atomic E-state index is 11.1. The summed E-state index contributed by atoms with van der Waals surface area (Å²) in [5.41, 5.74) is 0.0566. The maximum Gasteiger partial charge on any atom is 0.309 e. The molecule has 1 aromatic rings. The van der Waals surface area contributed by atoms with Crippen LogP contribution in [-0.2, 0) is 16.1 Å². The number of carboxylic acid groups (broad SMARTS) is 1. The van der Waals surface area contributed by atoms with Crippen molar-refractivity contribution in [1.29, 1.82) is 0 Å². The second-order valence-corrected chi connectivity index (χ2v) is 4.89. The van der Waals surface area contributed by atoms with Crippen LogP contribution in [0.25, 0.3) is 0 Å². The number of carbonyl (C=O) groups excluding carboxylic acids is 1. The van der Waals surface area contributed by atoms with Crippen LogP contribution in [-0.4, -0.2) is 23.9 Å². The van der Waals surface area contributed by atoms with E-state index in [1.807, 2.05) is 30.3 Å². The van der Waals surface area contributed by atoms with Crippen LogP contribution in [0.1, 0.15) is 19.4 Å². The molecule has 0 saturated heterocycles. The molecule has 0 radical (unpaired) electrons. The number of carbonyl (C=O) groups is 2. The highest BCUT2D eigenvalue weighted by molar-refractivity contribution is 5.78. The Labute approximate surface area is 107 Å². The third-order valence-electron chi connectivity index (χ3n) is 3.18. The lowest BCUT2D eigenvalue weighted by atomic mass is 9.79. The summed E-state index contributed by atoms with van der Waals surface area (Å²) >= 11 is 0. The maximum absolute atomic E-state index is 11.1. The van der Waals surface area contributed by atoms with E-state index in [0.717, 1.165) is 5.56 Å². The van der Waals surface area contributed by atoms with Gasteiger partial charge in [0.1, 0.15) is 6.29 Å². The Kier molecular flexibility index (Phi) is 5.04. The smallest absolute Gasteiger partial charge is 0.309 e. The monoisotopic (exact) mass is 249 g/mol. The van der Waals surface area contributed by atoms with E-state index in [0.29, 0.717) is 19.4 Å². The van der Waals surface area contributed by atoms with E-state index in [9.17, 15) is 9.59 Å². The normalized spacial score (nSPS) is 13.0. The Morgan fingerprint density at radius 2 is 2.00 bits per heavy atom. The Morgan fingerprint density at radius 3 is 2.50 bits per heavy atom. The van der Waals surface area contributed by atoms with Crippen molar-refractivity contribution < 1.29 is 14.7 Å². The van der Waals surface area contributed by atoms with Crippen molar-refractivity contribution in [3.63, 3.8) is 0 Å². The van der Waals surface area contributed by atoms with Gasteiger partial charge in [0.2, 0.25) is 0 Å². The average Bonchev–Trinajstić information content (AvgIpc) is 2.35. The second-order valence-electron chi connectivity index (χ2n) is 4.89. The molecular weight excluding hydrogens is 230 g/mol. The van der Waals surface area contributed by atoms with Crippen molar-refractivity contribution in [2.24, 2.45) is 11.3 Å². The summed E-state index contributed by atoms with van der Waals surface area (Å²) in [6.45, 7) is 4.12. The SMILES string of the molecule is CC(C)(C(=O)O)C(C=O)CNCc1ccccc1. The van der Waals surface area contributed by atoms with E-state index in [2.05, 4.69) is 5.32 Å². The molecule has 0 spiro atoms. The predicted octanol–water partition coefficient (Wildman–Crippen LogP) is 1.70. The highest BCUT2D eigenvalue weighted by Gasteiger charge is 2.36. The van der Waals surface area contributed by atoms with Gasteiger partial charge in [-0.2, -0.15) is 0 Å². The molecule has 0 amide bonds. The van der Waals surface area contributed by atoms with Gasteiger partial charge in [0.15, 0.2) is 0 Å². The first-order valence-electron chi connectivity index (χ1n) is 5.92. The molecular formula is C14H19NO3. The van der Waals surface area contributed by atoms with Crippen LogP contribution in [0, 0.1) is 11.3 Å². The molecule has 1 unspecified atom stereocenters. The molecule has 0 aliphatic carbocycles. The van der Waals surface area contributed by atoms with Gasteiger partial charge in [0.25, 0.3) is 0 Å². The average molecular weight is 249 g/mol. The van der Waals surface area contributed by atoms with E-state index in [1.54, 1.807) is 13.8 Å². The minimum absolute atomic E-state index is 0.359. The van der Waals surface area contributed by atoms with E-state index < -0.39 is 17.3 Å². The summed E-state index contributed by atoms with van der Waals surface area (Å²) in [6, 6.07) is 9.77. The van der Waals surface area contributed by atoms with Gasteiger partial charge in [-0.3, -0.25) is 4.79 Å². The van der Waals surface area contributed by atoms with Crippen molar-refractivity contribution >= 4 is 12.3 Å². The van der Waals surface area contributed by atoms with Crippen molar-refractivity contribution in [3.8, 4) is 0 Å². The Balaban J connectivity index is 2.51. The number of nitrogens with one attached hydrogen (secondary N) is 1. The number of rotatable bonds is 7. The van der Waals surface area contributed by atoms with Crippen LogP contribution < -0.4 is 5.32 Å². The third kappa shape index (κ3) is 3.67. The zero-order valence-electron chi connectivity index (χ0n) is 10.7. The summed E-state index contributed by atoms with van der Waals surface area (Å²) in [4.78, 5) is 22.1. The van der Waals surface area contributed by atoms with Crippen LogP contribution in [0.2, 0.25) is 0 Å². The lowest BCUT2D eigenvalue weighted by Gasteiger charge is -2.26.